The molecule has 0 aromatic heterocycles. The normalized spacial score (nSPS) is 7.71. The van der Waals surface area contributed by atoms with Gasteiger partial charge in [-0.3, -0.25) is 4.70 Å². The van der Waals surface area contributed by atoms with Gasteiger partial charge >= 0.3 is 0 Å². The van der Waals surface area contributed by atoms with Crippen molar-refractivity contribution in [3.05, 3.63) is 0 Å². The first-order valence-corrected chi connectivity index (χ1v) is 2.52. The van der Waals surface area contributed by atoms with Gasteiger partial charge in [-0.15, -0.1) is 0 Å². The number of hydrogen-bond acceptors (Lipinski definition) is 1. The molecule has 0 amide bonds. The van der Waals surface area contributed by atoms with E-state index in [9.17, 15) is 0 Å². The third-order valence-electron chi connectivity index (χ3n) is 0.762. The highest BCUT2D eigenvalue weighted by Crippen LogP contribution is 1.89. The fourth-order valence-electron chi connectivity index (χ4n) is 0.362. The first-order chi connectivity index (χ1) is 2.91. The smallest absolute Gasteiger partial charge is 0.0431 e. The predicted molar refractivity (Wildman–Crippen MR) is 29.1 cm³/mol. The minimum absolute atomic E-state index is 0. The molecule has 0 spiro atoms. The summed E-state index contributed by atoms with van der Waals surface area (Å²) in [4.78, 5) is 0. The summed E-state index contributed by atoms with van der Waals surface area (Å²) >= 11 is 0. The van der Waals surface area contributed by atoms with Crippen molar-refractivity contribution < 1.29 is 9.81 Å². The molecule has 0 aromatic carbocycles. The molecule has 0 saturated heterocycles. The van der Waals surface area contributed by atoms with Crippen molar-refractivity contribution in [1.29, 1.82) is 0 Å². The minimum Gasteiger partial charge on any atom is -0.396 e. The maximum atomic E-state index is 8.20. The van der Waals surface area contributed by atoms with E-state index in [0.717, 1.165) is 12.8 Å². The second kappa shape index (κ2) is 9.31. The summed E-state index contributed by atoms with van der Waals surface area (Å²) in [6, 6.07) is 0. The second-order valence-corrected chi connectivity index (χ2v) is 1.43. The lowest BCUT2D eigenvalue weighted by molar-refractivity contribution is 0.284. The molecule has 0 heterocycles. The molecule has 7 heavy (non-hydrogen) atoms. The Morgan fingerprint density at radius 2 is 1.86 bits per heavy atom. The molecular formula is C5H13FO. The van der Waals surface area contributed by atoms with E-state index >= 15 is 0 Å². The Bertz CT molecular complexity index is 20.0. The molecule has 2 heteroatoms. The molecule has 0 bridgehead atoms. The highest BCUT2D eigenvalue weighted by molar-refractivity contribution is 4.30. The molecule has 0 rings (SSSR count). The molecule has 0 saturated carbocycles. The van der Waals surface area contributed by atoms with Gasteiger partial charge in [-0.25, -0.2) is 0 Å². The van der Waals surface area contributed by atoms with Crippen molar-refractivity contribution >= 4 is 0 Å². The number of rotatable bonds is 3. The van der Waals surface area contributed by atoms with Crippen LogP contribution >= 0.6 is 0 Å². The van der Waals surface area contributed by atoms with Crippen LogP contribution < -0.4 is 0 Å². The van der Waals surface area contributed by atoms with Crippen molar-refractivity contribution in [3.63, 3.8) is 0 Å². The third-order valence-corrected chi connectivity index (χ3v) is 0.762. The van der Waals surface area contributed by atoms with Crippen molar-refractivity contribution in [2.45, 2.75) is 26.2 Å². The minimum atomic E-state index is 0. The molecule has 0 fully saturated rings. The van der Waals surface area contributed by atoms with E-state index in [-0.39, 0.29) is 4.70 Å². The van der Waals surface area contributed by atoms with E-state index in [1.807, 2.05) is 0 Å². The summed E-state index contributed by atoms with van der Waals surface area (Å²) in [5.74, 6) is 0. The largest absolute Gasteiger partial charge is 0.396 e. The summed E-state index contributed by atoms with van der Waals surface area (Å²) in [6.45, 7) is 2.48. The quantitative estimate of drug-likeness (QED) is 0.540. The second-order valence-electron chi connectivity index (χ2n) is 1.43. The highest BCUT2D eigenvalue weighted by Gasteiger charge is 1.76. The van der Waals surface area contributed by atoms with Gasteiger partial charge in [0.05, 0.1) is 0 Å². The topological polar surface area (TPSA) is 20.2 Å². The lowest BCUT2D eigenvalue weighted by Crippen LogP contribution is -1.78. The molecule has 0 unspecified atom stereocenters. The van der Waals surface area contributed by atoms with Crippen LogP contribution in [0, 0.1) is 0 Å². The number of halogens is 1. The first-order valence-electron chi connectivity index (χ1n) is 2.52. The van der Waals surface area contributed by atoms with E-state index in [2.05, 4.69) is 6.92 Å². The van der Waals surface area contributed by atoms with E-state index in [1.165, 1.54) is 6.42 Å². The van der Waals surface area contributed by atoms with E-state index in [0.29, 0.717) is 6.61 Å². The van der Waals surface area contributed by atoms with Gasteiger partial charge in [-0.2, -0.15) is 0 Å². The maximum absolute atomic E-state index is 8.20. The van der Waals surface area contributed by atoms with Crippen molar-refractivity contribution in [3.8, 4) is 0 Å². The lowest BCUT2D eigenvalue weighted by Gasteiger charge is -1.85. The summed E-state index contributed by atoms with van der Waals surface area (Å²) in [5, 5.41) is 8.20. The molecule has 0 aliphatic rings. The molecule has 46 valence electrons. The Hall–Kier alpha value is -0.110. The van der Waals surface area contributed by atoms with Crippen LogP contribution in [-0.2, 0) is 0 Å². The zero-order valence-corrected chi connectivity index (χ0v) is 4.68. The van der Waals surface area contributed by atoms with Crippen LogP contribution in [0.3, 0.4) is 0 Å². The molecule has 1 N–H and O–H groups in total. The zero-order valence-electron chi connectivity index (χ0n) is 4.68. The molecule has 0 aromatic rings. The predicted octanol–water partition coefficient (Wildman–Crippen LogP) is 1.32. The van der Waals surface area contributed by atoms with Crippen LogP contribution in [0.1, 0.15) is 26.2 Å². The summed E-state index contributed by atoms with van der Waals surface area (Å²) in [6.07, 6.45) is 3.33. The Morgan fingerprint density at radius 3 is 2.00 bits per heavy atom. The van der Waals surface area contributed by atoms with Crippen LogP contribution in [0.15, 0.2) is 0 Å². The molecule has 0 aliphatic heterocycles. The van der Waals surface area contributed by atoms with Crippen LogP contribution in [0.4, 0.5) is 4.70 Å². The Balaban J connectivity index is 0. The zero-order chi connectivity index (χ0) is 4.83. The van der Waals surface area contributed by atoms with Gasteiger partial charge in [0.25, 0.3) is 0 Å². The standard InChI is InChI=1S/C5H12O.FH/c1-2-3-4-5-6;/h6H,2-5H2,1H3;1H. The molecule has 0 atom stereocenters. The fourth-order valence-corrected chi connectivity index (χ4v) is 0.362. The Labute approximate surface area is 43.7 Å². The molecule has 0 aliphatic carbocycles. The van der Waals surface area contributed by atoms with E-state index in [4.69, 9.17) is 5.11 Å². The molecule has 1 nitrogen and oxygen atoms in total. The number of hydrogen-bond donors (Lipinski definition) is 1. The average Bonchev–Trinajstić information content (AvgIpc) is 1.61. The fraction of sp³-hybridized carbons (Fsp3) is 1.00. The maximum Gasteiger partial charge on any atom is 0.0431 e. The van der Waals surface area contributed by atoms with E-state index < -0.39 is 0 Å². The van der Waals surface area contributed by atoms with Gasteiger partial charge in [-0.05, 0) is 6.42 Å². The number of unbranched alkanes of at least 4 members (excludes halogenated alkanes) is 2. The van der Waals surface area contributed by atoms with E-state index in [1.54, 1.807) is 0 Å². The summed E-state index contributed by atoms with van der Waals surface area (Å²) < 4.78 is 0. The van der Waals surface area contributed by atoms with Gasteiger partial charge in [-0.1, -0.05) is 19.8 Å². The average molecular weight is 108 g/mol. The highest BCUT2D eigenvalue weighted by atomic mass is 19.0. The molecular weight excluding hydrogens is 95.1 g/mol. The number of aliphatic hydroxyl groups is 1. The number of aliphatic hydroxyl groups excluding tert-OH is 1. The Kier molecular flexibility index (Phi) is 13.3. The van der Waals surface area contributed by atoms with Gasteiger partial charge in [0.2, 0.25) is 0 Å². The van der Waals surface area contributed by atoms with Crippen molar-refractivity contribution in [2.75, 3.05) is 6.61 Å². The summed E-state index contributed by atoms with van der Waals surface area (Å²) in [7, 11) is 0. The lowest BCUT2D eigenvalue weighted by atomic mass is 10.3. The third kappa shape index (κ3) is 10.7. The van der Waals surface area contributed by atoms with Gasteiger partial charge in [0.1, 0.15) is 0 Å². The van der Waals surface area contributed by atoms with Gasteiger partial charge in [0, 0.05) is 6.61 Å². The van der Waals surface area contributed by atoms with Crippen LogP contribution in [0.5, 0.6) is 0 Å². The van der Waals surface area contributed by atoms with Crippen molar-refractivity contribution in [2.24, 2.45) is 0 Å². The monoisotopic (exact) mass is 108 g/mol. The molecule has 0 radical (unpaired) electrons. The summed E-state index contributed by atoms with van der Waals surface area (Å²) in [5.41, 5.74) is 0. The van der Waals surface area contributed by atoms with Crippen LogP contribution in [0.25, 0.3) is 0 Å². The SMILES string of the molecule is CCCCCO.F. The van der Waals surface area contributed by atoms with Crippen LogP contribution in [0.2, 0.25) is 0 Å². The van der Waals surface area contributed by atoms with Gasteiger partial charge < -0.3 is 5.11 Å². The van der Waals surface area contributed by atoms with Crippen molar-refractivity contribution in [1.82, 2.24) is 0 Å². The first kappa shape index (κ1) is 10.00. The van der Waals surface area contributed by atoms with Gasteiger partial charge in [0.15, 0.2) is 0 Å². The Morgan fingerprint density at radius 1 is 1.29 bits per heavy atom. The van der Waals surface area contributed by atoms with Crippen LogP contribution in [-0.4, -0.2) is 11.7 Å².